The molecule has 1 unspecified atom stereocenters. The molecule has 0 aliphatic heterocycles. The molecule has 2 aromatic rings. The minimum Gasteiger partial charge on any atom is -0.457 e. The summed E-state index contributed by atoms with van der Waals surface area (Å²) in [6.45, 7) is 3.52. The lowest BCUT2D eigenvalue weighted by molar-refractivity contribution is 0.481. The number of fused-ring (bicyclic) bond motifs is 1. The van der Waals surface area contributed by atoms with Crippen LogP contribution in [0.5, 0.6) is 11.5 Å². The molecule has 0 aromatic heterocycles. The Kier molecular flexibility index (Phi) is 6.33. The van der Waals surface area contributed by atoms with Gasteiger partial charge in [-0.25, -0.2) is 26.3 Å². The van der Waals surface area contributed by atoms with Gasteiger partial charge >= 0.3 is 0 Å². The zero-order valence-electron chi connectivity index (χ0n) is 16.7. The van der Waals surface area contributed by atoms with Gasteiger partial charge in [-0.15, -0.1) is 0 Å². The number of nitrogens with one attached hydrogen (secondary N) is 2. The fourth-order valence-corrected chi connectivity index (χ4v) is 4.53. The van der Waals surface area contributed by atoms with Crippen LogP contribution in [-0.2, 0) is 33.0 Å². The Balaban J connectivity index is 1.72. The average molecular weight is 439 g/mol. The number of rotatable bonds is 8. The van der Waals surface area contributed by atoms with Gasteiger partial charge in [0, 0.05) is 12.6 Å². The summed E-state index contributed by atoms with van der Waals surface area (Å²) in [4.78, 5) is 0. The number of benzene rings is 2. The molecular weight excluding hydrogens is 412 g/mol. The summed E-state index contributed by atoms with van der Waals surface area (Å²) in [5, 5.41) is -0.474. The van der Waals surface area contributed by atoms with E-state index in [4.69, 9.17) is 4.74 Å². The normalized spacial score (nSPS) is 16.8. The van der Waals surface area contributed by atoms with Gasteiger partial charge in [0.2, 0.25) is 20.0 Å². The molecule has 0 saturated carbocycles. The fourth-order valence-electron chi connectivity index (χ4n) is 3.18. The van der Waals surface area contributed by atoms with E-state index < -0.39 is 25.3 Å². The van der Waals surface area contributed by atoms with Crippen molar-refractivity contribution < 1.29 is 21.6 Å². The van der Waals surface area contributed by atoms with Crippen LogP contribution in [0.1, 0.15) is 43.0 Å². The summed E-state index contributed by atoms with van der Waals surface area (Å²) in [6.07, 6.45) is 2.61. The minimum atomic E-state index is -3.33. The molecule has 3 rings (SSSR count). The first kappa shape index (κ1) is 21.8. The molecule has 1 atom stereocenters. The largest absolute Gasteiger partial charge is 0.457 e. The van der Waals surface area contributed by atoms with Crippen molar-refractivity contribution in [2.45, 2.75) is 44.5 Å². The first-order valence-electron chi connectivity index (χ1n) is 9.39. The fraction of sp³-hybridized carbons (Fsp3) is 0.400. The first-order chi connectivity index (χ1) is 13.5. The van der Waals surface area contributed by atoms with Crippen LogP contribution in [0.3, 0.4) is 0 Å². The second-order valence-electron chi connectivity index (χ2n) is 7.51. The van der Waals surface area contributed by atoms with Gasteiger partial charge in [0.25, 0.3) is 0 Å². The van der Waals surface area contributed by atoms with E-state index in [1.807, 2.05) is 24.3 Å². The van der Waals surface area contributed by atoms with Gasteiger partial charge < -0.3 is 4.74 Å². The molecule has 9 heteroatoms. The maximum absolute atomic E-state index is 12.2. The molecule has 0 fully saturated rings. The quantitative estimate of drug-likeness (QED) is 0.660. The zero-order chi connectivity index (χ0) is 21.2. The highest BCUT2D eigenvalue weighted by molar-refractivity contribution is 7.90. The standard InChI is InChI=1S/C20H26N2O5S2/c1-14(2)29(25,26)22-20-10-7-16-12-18(8-9-19(16)20)27-17-6-4-5-15(11-17)13-21-28(3,23)24/h4-6,8-9,11-12,14,20-22H,7,10,13H2,1-3H3. The number of aryl methyl sites for hydroxylation is 1. The lowest BCUT2D eigenvalue weighted by Crippen LogP contribution is -2.33. The third kappa shape index (κ3) is 5.79. The van der Waals surface area contributed by atoms with E-state index in [1.165, 1.54) is 0 Å². The number of hydrogen-bond acceptors (Lipinski definition) is 5. The molecule has 0 radical (unpaired) electrons. The Bertz CT molecular complexity index is 1100. The van der Waals surface area contributed by atoms with Crippen LogP contribution in [0.25, 0.3) is 0 Å². The van der Waals surface area contributed by atoms with Crippen LogP contribution in [-0.4, -0.2) is 28.3 Å². The Labute approximate surface area is 172 Å². The number of ether oxygens (including phenoxy) is 1. The Morgan fingerprint density at radius 3 is 2.48 bits per heavy atom. The van der Waals surface area contributed by atoms with Gasteiger partial charge in [-0.1, -0.05) is 18.2 Å². The molecule has 1 aliphatic rings. The van der Waals surface area contributed by atoms with Crippen molar-refractivity contribution >= 4 is 20.0 Å². The van der Waals surface area contributed by atoms with Crippen LogP contribution in [0.2, 0.25) is 0 Å². The van der Waals surface area contributed by atoms with Crippen molar-refractivity contribution in [3.8, 4) is 11.5 Å². The number of sulfonamides is 2. The van der Waals surface area contributed by atoms with Gasteiger partial charge in [-0.3, -0.25) is 0 Å². The van der Waals surface area contributed by atoms with Crippen molar-refractivity contribution in [2.75, 3.05) is 6.26 Å². The van der Waals surface area contributed by atoms with Crippen LogP contribution >= 0.6 is 0 Å². The van der Waals surface area contributed by atoms with E-state index >= 15 is 0 Å². The van der Waals surface area contributed by atoms with Crippen molar-refractivity contribution in [2.24, 2.45) is 0 Å². The summed E-state index contributed by atoms with van der Waals surface area (Å²) in [5.74, 6) is 1.26. The predicted octanol–water partition coefficient (Wildman–Crippen LogP) is 2.84. The molecule has 2 aromatic carbocycles. The van der Waals surface area contributed by atoms with Gasteiger partial charge in [0.1, 0.15) is 11.5 Å². The van der Waals surface area contributed by atoms with Crippen LogP contribution in [0, 0.1) is 0 Å². The summed E-state index contributed by atoms with van der Waals surface area (Å²) in [5.41, 5.74) is 2.83. The molecular formula is C20H26N2O5S2. The maximum Gasteiger partial charge on any atom is 0.214 e. The summed E-state index contributed by atoms with van der Waals surface area (Å²) in [7, 11) is -6.60. The molecule has 0 saturated heterocycles. The van der Waals surface area contributed by atoms with Crippen molar-refractivity contribution in [1.29, 1.82) is 0 Å². The van der Waals surface area contributed by atoms with E-state index in [1.54, 1.807) is 32.0 Å². The lowest BCUT2D eigenvalue weighted by atomic mass is 10.1. The van der Waals surface area contributed by atoms with Crippen LogP contribution in [0.15, 0.2) is 42.5 Å². The SMILES string of the molecule is CC(C)S(=O)(=O)NC1CCc2cc(Oc3cccc(CNS(C)(=O)=O)c3)ccc21. The molecule has 0 amide bonds. The van der Waals surface area contributed by atoms with E-state index in [-0.39, 0.29) is 12.6 Å². The van der Waals surface area contributed by atoms with Crippen LogP contribution < -0.4 is 14.2 Å². The Morgan fingerprint density at radius 1 is 1.07 bits per heavy atom. The number of hydrogen-bond donors (Lipinski definition) is 2. The summed E-state index contributed by atoms with van der Waals surface area (Å²) >= 11 is 0. The average Bonchev–Trinajstić information content (AvgIpc) is 3.01. The molecule has 7 nitrogen and oxygen atoms in total. The molecule has 158 valence electrons. The Hall–Kier alpha value is -1.94. The monoisotopic (exact) mass is 438 g/mol. The second kappa shape index (κ2) is 8.43. The second-order valence-corrected chi connectivity index (χ2v) is 11.6. The highest BCUT2D eigenvalue weighted by atomic mass is 32.2. The Morgan fingerprint density at radius 2 is 1.79 bits per heavy atom. The minimum absolute atomic E-state index is 0.192. The van der Waals surface area contributed by atoms with Gasteiger partial charge in [0.15, 0.2) is 0 Å². The van der Waals surface area contributed by atoms with Crippen LogP contribution in [0.4, 0.5) is 0 Å². The molecule has 0 bridgehead atoms. The molecule has 29 heavy (non-hydrogen) atoms. The third-order valence-electron chi connectivity index (χ3n) is 4.79. The maximum atomic E-state index is 12.2. The smallest absolute Gasteiger partial charge is 0.214 e. The zero-order valence-corrected chi connectivity index (χ0v) is 18.3. The highest BCUT2D eigenvalue weighted by Crippen LogP contribution is 2.35. The molecule has 0 heterocycles. The predicted molar refractivity (Wildman–Crippen MR) is 113 cm³/mol. The summed E-state index contributed by atoms with van der Waals surface area (Å²) < 4.78 is 58.0. The molecule has 2 N–H and O–H groups in total. The van der Waals surface area contributed by atoms with E-state index in [0.29, 0.717) is 11.5 Å². The lowest BCUT2D eigenvalue weighted by Gasteiger charge is -2.17. The van der Waals surface area contributed by atoms with Crippen molar-refractivity contribution in [3.63, 3.8) is 0 Å². The van der Waals surface area contributed by atoms with Gasteiger partial charge in [0.05, 0.1) is 11.5 Å². The third-order valence-corrected chi connectivity index (χ3v) is 7.31. The van der Waals surface area contributed by atoms with Gasteiger partial charge in [-0.05, 0) is 67.6 Å². The highest BCUT2D eigenvalue weighted by Gasteiger charge is 2.28. The van der Waals surface area contributed by atoms with E-state index in [2.05, 4.69) is 9.44 Å². The first-order valence-corrected chi connectivity index (χ1v) is 12.8. The molecule has 1 aliphatic carbocycles. The topological polar surface area (TPSA) is 102 Å². The molecule has 0 spiro atoms. The van der Waals surface area contributed by atoms with E-state index in [9.17, 15) is 16.8 Å². The van der Waals surface area contributed by atoms with Crippen molar-refractivity contribution in [1.82, 2.24) is 9.44 Å². The van der Waals surface area contributed by atoms with E-state index in [0.717, 1.165) is 35.8 Å². The van der Waals surface area contributed by atoms with Gasteiger partial charge in [-0.2, -0.15) is 0 Å². The summed E-state index contributed by atoms with van der Waals surface area (Å²) in [6, 6.07) is 12.7. The van der Waals surface area contributed by atoms with Crippen molar-refractivity contribution in [3.05, 3.63) is 59.2 Å².